The van der Waals surface area contributed by atoms with Gasteiger partial charge in [0, 0.05) is 11.8 Å². The lowest BCUT2D eigenvalue weighted by Gasteiger charge is -2.41. The Bertz CT molecular complexity index is 1280. The molecule has 0 aliphatic rings. The summed E-state index contributed by atoms with van der Waals surface area (Å²) in [6, 6.07) is -2.11. The van der Waals surface area contributed by atoms with Crippen molar-refractivity contribution in [3.8, 4) is 5.75 Å². The van der Waals surface area contributed by atoms with Gasteiger partial charge in [-0.15, -0.1) is 0 Å². The predicted molar refractivity (Wildman–Crippen MR) is 113 cm³/mol. The largest absolute Gasteiger partial charge is 0.460 e. The quantitative estimate of drug-likeness (QED) is 0.169. The number of ether oxygens (including phenoxy) is 3. The topological polar surface area (TPSA) is 85.9 Å². The summed E-state index contributed by atoms with van der Waals surface area (Å²) in [7, 11) is 0. The molecule has 1 aromatic rings. The summed E-state index contributed by atoms with van der Waals surface area (Å²) in [6.45, 7) is 1.87. The van der Waals surface area contributed by atoms with Gasteiger partial charge in [0.2, 0.25) is 5.83 Å². The highest BCUT2D eigenvalue weighted by Gasteiger charge is 2.93. The lowest BCUT2D eigenvalue weighted by Crippen LogP contribution is -2.72. The Morgan fingerprint density at radius 2 is 1.07 bits per heavy atom. The second-order valence-corrected chi connectivity index (χ2v) is 8.04. The van der Waals surface area contributed by atoms with Crippen LogP contribution in [-0.4, -0.2) is 67.1 Å². The molecule has 0 fully saturated rings. The molecule has 45 heavy (non-hydrogen) atoms. The van der Waals surface area contributed by atoms with Crippen molar-refractivity contribution in [3.63, 3.8) is 0 Å². The van der Waals surface area contributed by atoms with Gasteiger partial charge in [0.15, 0.2) is 5.75 Å². The summed E-state index contributed by atoms with van der Waals surface area (Å²) in [6.07, 6.45) is -10.6. The molecule has 2 amide bonds. The van der Waals surface area contributed by atoms with Crippen molar-refractivity contribution in [1.82, 2.24) is 0 Å². The maximum atomic E-state index is 14.3. The van der Waals surface area contributed by atoms with Gasteiger partial charge in [-0.2, -0.15) is 74.6 Å². The van der Waals surface area contributed by atoms with Crippen LogP contribution >= 0.6 is 0 Å². The van der Waals surface area contributed by atoms with Crippen molar-refractivity contribution in [2.45, 2.75) is 55.6 Å². The zero-order chi connectivity index (χ0) is 35.6. The van der Waals surface area contributed by atoms with E-state index in [-0.39, 0.29) is 19.3 Å². The predicted octanol–water partition coefficient (Wildman–Crippen LogP) is 8.68. The van der Waals surface area contributed by atoms with Crippen LogP contribution < -0.4 is 15.4 Å². The Labute approximate surface area is 238 Å². The third-order valence-electron chi connectivity index (χ3n) is 4.99. The molecular formula is C21H15F17N2O5. The van der Waals surface area contributed by atoms with Gasteiger partial charge >= 0.3 is 59.9 Å². The third kappa shape index (κ3) is 7.02. The van der Waals surface area contributed by atoms with Crippen LogP contribution in [0.15, 0.2) is 30.0 Å². The molecule has 0 aliphatic heterocycles. The number of anilines is 2. The molecular weight excluding hydrogens is 683 g/mol. The number of alkyl halides is 15. The molecule has 0 radical (unpaired) electrons. The smallest absolute Gasteiger partial charge is 0.450 e. The zero-order valence-electron chi connectivity index (χ0n) is 21.6. The van der Waals surface area contributed by atoms with E-state index in [1.54, 1.807) is 5.32 Å². The second kappa shape index (κ2) is 12.8. The van der Waals surface area contributed by atoms with Crippen molar-refractivity contribution in [2.75, 3.05) is 23.8 Å². The number of hydrogen-bond acceptors (Lipinski definition) is 5. The van der Waals surface area contributed by atoms with Crippen LogP contribution in [0.5, 0.6) is 5.75 Å². The SMILES string of the molecule is CCOC(=O)Nc1ccc(NC(=O)OCC)c(OC(F)=C(F)C(F)(F)C(F)(F)C(F)(F)C(F)(F)C(F)(F)C(F)(F)C(F)(F)F)c1. The highest BCUT2D eigenvalue weighted by molar-refractivity contribution is 5.89. The number of hydrogen-bond donors (Lipinski definition) is 2. The summed E-state index contributed by atoms with van der Waals surface area (Å²) in [5.74, 6) is -56.6. The molecule has 1 aromatic carbocycles. The Balaban J connectivity index is 3.71. The Hall–Kier alpha value is -3.89. The summed E-state index contributed by atoms with van der Waals surface area (Å²) in [5, 5.41) is 3.51. The summed E-state index contributed by atoms with van der Waals surface area (Å²) in [5.41, 5.74) is -1.58. The first-order chi connectivity index (χ1) is 20.1. The number of carbonyl (C=O) groups is 2. The highest BCUT2D eigenvalue weighted by atomic mass is 19.4. The maximum Gasteiger partial charge on any atom is 0.460 e. The molecule has 0 bridgehead atoms. The van der Waals surface area contributed by atoms with Crippen LogP contribution in [0.2, 0.25) is 0 Å². The minimum Gasteiger partial charge on any atom is -0.450 e. The number of rotatable bonds is 12. The fourth-order valence-electron chi connectivity index (χ4n) is 2.72. The van der Waals surface area contributed by atoms with Gasteiger partial charge in [-0.05, 0) is 26.0 Å². The van der Waals surface area contributed by atoms with Gasteiger partial charge < -0.3 is 14.2 Å². The molecule has 0 unspecified atom stereocenters. The van der Waals surface area contributed by atoms with Crippen LogP contribution in [0.25, 0.3) is 0 Å². The molecule has 0 aromatic heterocycles. The minimum absolute atomic E-state index is 0.271. The van der Waals surface area contributed by atoms with Gasteiger partial charge in [0.1, 0.15) is 0 Å². The Morgan fingerprint density at radius 1 is 0.644 bits per heavy atom. The van der Waals surface area contributed by atoms with Gasteiger partial charge in [-0.25, -0.2) is 9.59 Å². The molecule has 0 spiro atoms. The molecule has 0 saturated heterocycles. The van der Waals surface area contributed by atoms with Crippen LogP contribution in [0.1, 0.15) is 13.8 Å². The van der Waals surface area contributed by atoms with Crippen molar-refractivity contribution >= 4 is 23.6 Å². The van der Waals surface area contributed by atoms with Gasteiger partial charge in [0.25, 0.3) is 0 Å². The number of halogens is 17. The van der Waals surface area contributed by atoms with E-state index in [0.29, 0.717) is 6.07 Å². The van der Waals surface area contributed by atoms with Crippen LogP contribution in [0.4, 0.5) is 95.6 Å². The number of carbonyl (C=O) groups excluding carboxylic acids is 2. The van der Waals surface area contributed by atoms with Gasteiger partial charge in [-0.3, -0.25) is 10.6 Å². The van der Waals surface area contributed by atoms with Crippen LogP contribution in [-0.2, 0) is 9.47 Å². The lowest BCUT2D eigenvalue weighted by molar-refractivity contribution is -0.451. The molecule has 0 saturated carbocycles. The number of amides is 2. The maximum absolute atomic E-state index is 14.3. The minimum atomic E-state index is -8.74. The second-order valence-electron chi connectivity index (χ2n) is 8.04. The monoisotopic (exact) mass is 698 g/mol. The van der Waals surface area contributed by atoms with E-state index in [4.69, 9.17) is 0 Å². The van der Waals surface area contributed by atoms with E-state index in [0.717, 1.165) is 6.07 Å². The fraction of sp³-hybridized carbons (Fsp3) is 0.524. The number of nitrogens with one attached hydrogen (secondary N) is 2. The summed E-state index contributed by atoms with van der Waals surface area (Å²) < 4.78 is 241. The van der Waals surface area contributed by atoms with E-state index < -0.39 is 82.9 Å². The first kappa shape index (κ1) is 39.1. The molecule has 258 valence electrons. The molecule has 2 N–H and O–H groups in total. The Kier molecular flexibility index (Phi) is 11.2. The van der Waals surface area contributed by atoms with Gasteiger partial charge in [-0.1, -0.05) is 0 Å². The summed E-state index contributed by atoms with van der Waals surface area (Å²) >= 11 is 0. The van der Waals surface area contributed by atoms with E-state index in [2.05, 4.69) is 14.2 Å². The zero-order valence-corrected chi connectivity index (χ0v) is 21.6. The standard InChI is InChI=1S/C21H15F17N2O5/c1-3-43-13(41)39-8-5-6-9(40-14(42)44-4-2)10(7-8)45-12(23)11(22)15(24,25)16(26,27)17(28,29)18(30,31)19(32,33)20(34,35)21(36,37)38/h5-7H,3-4H2,1-2H3,(H,39,41)(H,40,42). The van der Waals surface area contributed by atoms with E-state index in [1.807, 2.05) is 5.32 Å². The fourth-order valence-corrected chi connectivity index (χ4v) is 2.72. The molecule has 1 rings (SSSR count). The van der Waals surface area contributed by atoms with E-state index in [1.165, 1.54) is 13.8 Å². The van der Waals surface area contributed by atoms with E-state index in [9.17, 15) is 84.2 Å². The van der Waals surface area contributed by atoms with Crippen molar-refractivity contribution in [2.24, 2.45) is 0 Å². The van der Waals surface area contributed by atoms with Crippen LogP contribution in [0.3, 0.4) is 0 Å². The molecule has 0 atom stereocenters. The number of allylic oxidation sites excluding steroid dienone is 1. The molecule has 24 heteroatoms. The first-order valence-corrected chi connectivity index (χ1v) is 11.2. The average Bonchev–Trinajstić information content (AvgIpc) is 2.88. The van der Waals surface area contributed by atoms with E-state index >= 15 is 0 Å². The average molecular weight is 698 g/mol. The molecule has 0 heterocycles. The number of benzene rings is 1. The van der Waals surface area contributed by atoms with Gasteiger partial charge in [0.05, 0.1) is 18.9 Å². The summed E-state index contributed by atoms with van der Waals surface area (Å²) in [4.78, 5) is 23.1. The van der Waals surface area contributed by atoms with Crippen LogP contribution in [0, 0.1) is 0 Å². The highest BCUT2D eigenvalue weighted by Crippen LogP contribution is 2.63. The molecule has 0 aliphatic carbocycles. The molecule has 7 nitrogen and oxygen atoms in total. The normalized spacial score (nSPS) is 14.4. The van der Waals surface area contributed by atoms with Crippen molar-refractivity contribution in [1.29, 1.82) is 0 Å². The first-order valence-electron chi connectivity index (χ1n) is 11.2. The lowest BCUT2D eigenvalue weighted by atomic mass is 9.91. The van der Waals surface area contributed by atoms with Crippen molar-refractivity contribution in [3.05, 3.63) is 30.0 Å². The van der Waals surface area contributed by atoms with Crippen molar-refractivity contribution < 1.29 is 98.4 Å². The Morgan fingerprint density at radius 3 is 1.51 bits per heavy atom. The third-order valence-corrected chi connectivity index (χ3v) is 4.99.